The fourth-order valence-corrected chi connectivity index (χ4v) is 7.29. The van der Waals surface area contributed by atoms with Crippen LogP contribution in [0.4, 0.5) is 4.39 Å². The minimum absolute atomic E-state index is 0.169. The van der Waals surface area contributed by atoms with Gasteiger partial charge in [0, 0.05) is 24.1 Å². The zero-order valence-electron chi connectivity index (χ0n) is 23.4. The van der Waals surface area contributed by atoms with Crippen molar-refractivity contribution in [1.82, 2.24) is 14.5 Å². The van der Waals surface area contributed by atoms with E-state index < -0.39 is 11.6 Å². The Morgan fingerprint density at radius 3 is 2.71 bits per heavy atom. The molecule has 2 atom stereocenters. The molecule has 0 saturated carbocycles. The second kappa shape index (κ2) is 10.8. The first kappa shape index (κ1) is 27.6. The number of methoxy groups -OCH3 is 1. The first-order valence-corrected chi connectivity index (χ1v) is 15.4. The topological polar surface area (TPSA) is 75.0 Å². The van der Waals surface area contributed by atoms with Gasteiger partial charge in [-0.3, -0.25) is 4.90 Å². The fraction of sp³-hybridized carbons (Fsp3) is 0.419. The number of halogens is 2. The van der Waals surface area contributed by atoms with E-state index >= 15 is 0 Å². The quantitative estimate of drug-likeness (QED) is 0.221. The molecule has 5 heterocycles. The van der Waals surface area contributed by atoms with Crippen molar-refractivity contribution >= 4 is 39.3 Å². The van der Waals surface area contributed by atoms with Crippen LogP contribution in [0.3, 0.4) is 0 Å². The molecule has 0 amide bonds. The molecule has 0 radical (unpaired) electrons. The van der Waals surface area contributed by atoms with Gasteiger partial charge in [-0.05, 0) is 68.6 Å². The number of aromatic nitrogens is 2. The number of carbonyl (C=O) groups excluding carboxylic acids is 1. The molecule has 0 N–H and O–H groups in total. The number of carbonyl (C=O) groups is 1. The number of piperidine rings is 1. The van der Waals surface area contributed by atoms with E-state index in [1.807, 2.05) is 18.2 Å². The molecule has 2 fully saturated rings. The van der Waals surface area contributed by atoms with Gasteiger partial charge in [-0.1, -0.05) is 23.7 Å². The summed E-state index contributed by atoms with van der Waals surface area (Å²) in [7, 11) is 1.40. The summed E-state index contributed by atoms with van der Waals surface area (Å²) in [5.74, 6) is 0.509. The van der Waals surface area contributed by atoms with Crippen molar-refractivity contribution in [2.75, 3.05) is 26.8 Å². The summed E-state index contributed by atoms with van der Waals surface area (Å²) in [6.45, 7) is 5.75. The Bertz CT molecular complexity index is 1660. The summed E-state index contributed by atoms with van der Waals surface area (Å²) in [5.41, 5.74) is 2.35. The number of hydrogen-bond acceptors (Lipinski definition) is 8. The van der Waals surface area contributed by atoms with Crippen molar-refractivity contribution in [3.05, 3.63) is 75.1 Å². The van der Waals surface area contributed by atoms with E-state index in [0.717, 1.165) is 73.8 Å². The molecule has 11 heteroatoms. The van der Waals surface area contributed by atoms with Crippen LogP contribution in [0.15, 0.2) is 42.5 Å². The van der Waals surface area contributed by atoms with E-state index in [9.17, 15) is 9.18 Å². The van der Waals surface area contributed by atoms with Gasteiger partial charge in [0.2, 0.25) is 0 Å². The number of imidazole rings is 1. The summed E-state index contributed by atoms with van der Waals surface area (Å²) in [6, 6.07) is 12.4. The van der Waals surface area contributed by atoms with Crippen LogP contribution in [0.25, 0.3) is 10.3 Å². The van der Waals surface area contributed by atoms with Crippen LogP contribution < -0.4 is 9.47 Å². The Hall–Kier alpha value is -3.18. The van der Waals surface area contributed by atoms with Gasteiger partial charge in [-0.15, -0.1) is 11.3 Å². The second-order valence-corrected chi connectivity index (χ2v) is 12.7. The Labute approximate surface area is 251 Å². The Morgan fingerprint density at radius 2 is 2.00 bits per heavy atom. The highest BCUT2D eigenvalue weighted by Crippen LogP contribution is 2.50. The highest BCUT2D eigenvalue weighted by Gasteiger charge is 2.43. The number of fused-ring (bicyclic) bond motifs is 2. The molecule has 2 aromatic carbocycles. The number of para-hydroxylation sites is 1. The monoisotopic (exact) mass is 611 g/mol. The Kier molecular flexibility index (Phi) is 7.12. The smallest absolute Gasteiger partial charge is 0.348 e. The van der Waals surface area contributed by atoms with E-state index in [2.05, 4.69) is 15.5 Å². The lowest BCUT2D eigenvalue weighted by molar-refractivity contribution is -0.0712. The van der Waals surface area contributed by atoms with Crippen molar-refractivity contribution in [3.8, 4) is 11.5 Å². The molecule has 42 heavy (non-hydrogen) atoms. The number of benzene rings is 2. The maximum atomic E-state index is 14.8. The van der Waals surface area contributed by atoms with Gasteiger partial charge >= 0.3 is 5.97 Å². The van der Waals surface area contributed by atoms with Gasteiger partial charge in [0.05, 0.1) is 37.4 Å². The minimum Gasteiger partial charge on any atom is -0.465 e. The van der Waals surface area contributed by atoms with Gasteiger partial charge in [0.25, 0.3) is 5.79 Å². The molecule has 7 rings (SSSR count). The number of likely N-dealkylation sites (tertiary alicyclic amines) is 1. The van der Waals surface area contributed by atoms with Crippen LogP contribution in [0, 0.1) is 5.82 Å². The largest absolute Gasteiger partial charge is 0.465 e. The molecule has 4 aromatic rings. The average molecular weight is 612 g/mol. The van der Waals surface area contributed by atoms with Crippen LogP contribution in [-0.4, -0.2) is 53.3 Å². The number of thiophene rings is 1. The van der Waals surface area contributed by atoms with E-state index in [1.165, 1.54) is 24.5 Å². The third kappa shape index (κ3) is 4.94. The fourth-order valence-electron chi connectivity index (χ4n) is 6.16. The van der Waals surface area contributed by atoms with Crippen LogP contribution in [0.1, 0.15) is 58.7 Å². The standard InChI is InChI=1S/C31H31ClFN3O5S/c1-31(22-7-6-19(32)14-23(22)33)40-25-5-3-4-21(28(25)41-31)18-8-11-35(12-9-18)17-27-34-29-24(15-26(42-29)30(37)38-2)36(27)16-20-10-13-39-20/h3-7,14-15,18,20H,8-13,16-17H2,1-2H3/t20-,31?/m0/s1. The molecule has 0 aliphatic carbocycles. The molecule has 3 aliphatic heterocycles. The number of ether oxygens (including phenoxy) is 4. The lowest BCUT2D eigenvalue weighted by atomic mass is 9.88. The van der Waals surface area contributed by atoms with E-state index in [0.29, 0.717) is 27.0 Å². The predicted octanol–water partition coefficient (Wildman–Crippen LogP) is 6.49. The molecule has 8 nitrogen and oxygen atoms in total. The van der Waals surface area contributed by atoms with Crippen LogP contribution >= 0.6 is 22.9 Å². The first-order chi connectivity index (χ1) is 20.3. The predicted molar refractivity (Wildman–Crippen MR) is 157 cm³/mol. The van der Waals surface area contributed by atoms with Crippen molar-refractivity contribution in [2.45, 2.75) is 57.1 Å². The summed E-state index contributed by atoms with van der Waals surface area (Å²) >= 11 is 7.34. The third-order valence-electron chi connectivity index (χ3n) is 8.52. The molecule has 2 saturated heterocycles. The van der Waals surface area contributed by atoms with E-state index in [1.54, 1.807) is 19.1 Å². The molecule has 2 aromatic heterocycles. The van der Waals surface area contributed by atoms with Crippen LogP contribution in [0.5, 0.6) is 11.5 Å². The minimum atomic E-state index is -1.27. The second-order valence-electron chi connectivity index (χ2n) is 11.2. The van der Waals surface area contributed by atoms with Gasteiger partial charge < -0.3 is 23.5 Å². The first-order valence-electron chi connectivity index (χ1n) is 14.2. The van der Waals surface area contributed by atoms with Gasteiger partial charge in [0.15, 0.2) is 11.5 Å². The maximum Gasteiger partial charge on any atom is 0.348 e. The summed E-state index contributed by atoms with van der Waals surface area (Å²) in [5, 5.41) is 0.326. The van der Waals surface area contributed by atoms with Gasteiger partial charge in [-0.2, -0.15) is 0 Å². The number of nitrogens with zero attached hydrogens (tertiary/aromatic N) is 3. The molecule has 0 bridgehead atoms. The van der Waals surface area contributed by atoms with E-state index in [-0.39, 0.29) is 18.0 Å². The molecule has 1 unspecified atom stereocenters. The lowest BCUT2D eigenvalue weighted by Gasteiger charge is -2.33. The number of esters is 1. The normalized spacial score (nSPS) is 22.4. The van der Waals surface area contributed by atoms with Gasteiger partial charge in [-0.25, -0.2) is 14.2 Å². The van der Waals surface area contributed by atoms with Crippen LogP contribution in [0.2, 0.25) is 5.02 Å². The lowest BCUT2D eigenvalue weighted by Crippen LogP contribution is -2.35. The molecular weight excluding hydrogens is 581 g/mol. The summed E-state index contributed by atoms with van der Waals surface area (Å²) in [6.07, 6.45) is 3.08. The number of rotatable bonds is 7. The highest BCUT2D eigenvalue weighted by atomic mass is 35.5. The third-order valence-corrected chi connectivity index (χ3v) is 9.75. The van der Waals surface area contributed by atoms with Crippen LogP contribution in [-0.2, 0) is 28.4 Å². The summed E-state index contributed by atoms with van der Waals surface area (Å²) in [4.78, 5) is 20.9. The molecule has 0 spiro atoms. The Morgan fingerprint density at radius 1 is 1.19 bits per heavy atom. The number of hydrogen-bond donors (Lipinski definition) is 0. The SMILES string of the molecule is COC(=O)c1cc2c(nc(CN3CCC(c4cccc5c4OC(C)(c4ccc(Cl)cc4F)O5)CC3)n2C[C@@H]2CCO2)s1. The zero-order chi connectivity index (χ0) is 29.0. The molecule has 220 valence electrons. The molecule has 3 aliphatic rings. The molecular formula is C31H31ClFN3O5S. The maximum absolute atomic E-state index is 14.8. The van der Waals surface area contributed by atoms with Crippen molar-refractivity contribution < 1.29 is 28.1 Å². The summed E-state index contributed by atoms with van der Waals surface area (Å²) < 4.78 is 40.2. The van der Waals surface area contributed by atoms with Crippen molar-refractivity contribution in [3.63, 3.8) is 0 Å². The average Bonchev–Trinajstić information content (AvgIpc) is 3.61. The van der Waals surface area contributed by atoms with Crippen molar-refractivity contribution in [2.24, 2.45) is 0 Å². The van der Waals surface area contributed by atoms with Gasteiger partial charge in [0.1, 0.15) is 21.3 Å². The van der Waals surface area contributed by atoms with E-state index in [4.69, 9.17) is 35.5 Å². The zero-order valence-corrected chi connectivity index (χ0v) is 25.0. The van der Waals surface area contributed by atoms with Crippen molar-refractivity contribution in [1.29, 1.82) is 0 Å². The Balaban J connectivity index is 1.06. The highest BCUT2D eigenvalue weighted by molar-refractivity contribution is 7.20.